The number of nitrogens with two attached hydrogens (primary N) is 1. The van der Waals surface area contributed by atoms with Crippen LogP contribution < -0.4 is 5.73 Å². The molecule has 1 aromatic rings. The maximum Gasteiger partial charge on any atom is 0.187 e. The van der Waals surface area contributed by atoms with Gasteiger partial charge in [0.15, 0.2) is 5.16 Å². The maximum absolute atomic E-state index is 10.9. The van der Waals surface area contributed by atoms with Crippen LogP contribution in [0.5, 0.6) is 0 Å². The zero-order valence-electron chi connectivity index (χ0n) is 8.38. The molecule has 0 amide bonds. The predicted octanol–water partition coefficient (Wildman–Crippen LogP) is 0.0720. The molecule has 84 valence electrons. The zero-order chi connectivity index (χ0) is 11.3. The van der Waals surface area contributed by atoms with E-state index in [1.807, 2.05) is 0 Å². The summed E-state index contributed by atoms with van der Waals surface area (Å²) >= 11 is 1.32. The quantitative estimate of drug-likeness (QED) is 0.585. The van der Waals surface area contributed by atoms with E-state index in [1.165, 1.54) is 18.0 Å². The Hall–Kier alpha value is -0.660. The number of aromatic nitrogens is 2. The summed E-state index contributed by atoms with van der Waals surface area (Å²) < 4.78 is 21.7. The Labute approximate surface area is 93.4 Å². The minimum Gasteiger partial charge on any atom is -0.325 e. The van der Waals surface area contributed by atoms with Crippen LogP contribution in [0.1, 0.15) is 5.69 Å². The first-order valence-electron chi connectivity index (χ1n) is 4.34. The zero-order valence-corrected chi connectivity index (χ0v) is 10.0. The molecule has 0 spiro atoms. The van der Waals surface area contributed by atoms with Crippen molar-refractivity contribution < 1.29 is 8.42 Å². The molecule has 0 radical (unpaired) electrons. The van der Waals surface area contributed by atoms with Crippen molar-refractivity contribution in [2.24, 2.45) is 5.73 Å². The van der Waals surface area contributed by atoms with Gasteiger partial charge in [0.2, 0.25) is 0 Å². The SMILES string of the molecule is CS(=O)(=O)CCSc1nccc(CN)n1. The highest BCUT2D eigenvalue weighted by atomic mass is 32.2. The second-order valence-electron chi connectivity index (χ2n) is 3.01. The number of thioether (sulfide) groups is 1. The molecular formula is C8H13N3O2S2. The second kappa shape index (κ2) is 5.43. The third-order valence-electron chi connectivity index (χ3n) is 1.59. The fourth-order valence-electron chi connectivity index (χ4n) is 0.844. The normalized spacial score (nSPS) is 11.6. The molecule has 0 aliphatic carbocycles. The van der Waals surface area contributed by atoms with E-state index >= 15 is 0 Å². The standard InChI is InChI=1S/C8H13N3O2S2/c1-15(12,13)5-4-14-8-10-3-2-7(6-9)11-8/h2-3H,4-6,9H2,1H3. The molecule has 0 bridgehead atoms. The lowest BCUT2D eigenvalue weighted by Crippen LogP contribution is -2.06. The smallest absolute Gasteiger partial charge is 0.187 e. The average molecular weight is 247 g/mol. The van der Waals surface area contributed by atoms with Crippen LogP contribution in [0.25, 0.3) is 0 Å². The summed E-state index contributed by atoms with van der Waals surface area (Å²) in [6.45, 7) is 0.363. The van der Waals surface area contributed by atoms with Crippen LogP contribution >= 0.6 is 11.8 Å². The Balaban J connectivity index is 2.51. The molecule has 0 aliphatic rings. The van der Waals surface area contributed by atoms with E-state index in [0.717, 1.165) is 5.69 Å². The summed E-state index contributed by atoms with van der Waals surface area (Å²) in [6.07, 6.45) is 2.84. The molecular weight excluding hydrogens is 234 g/mol. The van der Waals surface area contributed by atoms with Gasteiger partial charge >= 0.3 is 0 Å². The molecule has 0 saturated carbocycles. The van der Waals surface area contributed by atoms with Gasteiger partial charge < -0.3 is 5.73 Å². The highest BCUT2D eigenvalue weighted by Gasteiger charge is 2.04. The first-order chi connectivity index (χ1) is 7.01. The Bertz CT molecular complexity index is 420. The van der Waals surface area contributed by atoms with E-state index in [4.69, 9.17) is 5.73 Å². The summed E-state index contributed by atoms with van der Waals surface area (Å²) in [7, 11) is -2.91. The third-order valence-corrected chi connectivity index (χ3v) is 3.65. The first kappa shape index (κ1) is 12.4. The lowest BCUT2D eigenvalue weighted by Gasteiger charge is -2.00. The molecule has 0 fully saturated rings. The maximum atomic E-state index is 10.9. The molecule has 0 aromatic carbocycles. The van der Waals surface area contributed by atoms with E-state index in [2.05, 4.69) is 9.97 Å². The number of sulfone groups is 1. The van der Waals surface area contributed by atoms with Gasteiger partial charge in [-0.25, -0.2) is 18.4 Å². The van der Waals surface area contributed by atoms with E-state index < -0.39 is 9.84 Å². The molecule has 15 heavy (non-hydrogen) atoms. The number of rotatable bonds is 5. The van der Waals surface area contributed by atoms with Gasteiger partial charge in [-0.1, -0.05) is 11.8 Å². The van der Waals surface area contributed by atoms with E-state index in [-0.39, 0.29) is 5.75 Å². The van der Waals surface area contributed by atoms with Crippen molar-refractivity contribution in [1.82, 2.24) is 9.97 Å². The van der Waals surface area contributed by atoms with Crippen LogP contribution in [-0.4, -0.2) is 36.1 Å². The predicted molar refractivity (Wildman–Crippen MR) is 60.4 cm³/mol. The average Bonchev–Trinajstić information content (AvgIpc) is 2.16. The number of hydrogen-bond donors (Lipinski definition) is 1. The number of nitrogens with zero attached hydrogens (tertiary/aromatic N) is 2. The van der Waals surface area contributed by atoms with Gasteiger partial charge in [-0.05, 0) is 6.07 Å². The van der Waals surface area contributed by atoms with Gasteiger partial charge in [-0.2, -0.15) is 0 Å². The largest absolute Gasteiger partial charge is 0.325 e. The van der Waals surface area contributed by atoms with Crippen molar-refractivity contribution >= 4 is 21.6 Å². The molecule has 7 heteroatoms. The lowest BCUT2D eigenvalue weighted by molar-refractivity contribution is 0.603. The molecule has 1 heterocycles. The van der Waals surface area contributed by atoms with Gasteiger partial charge in [0.1, 0.15) is 9.84 Å². The van der Waals surface area contributed by atoms with Crippen molar-refractivity contribution in [3.8, 4) is 0 Å². The van der Waals surface area contributed by atoms with E-state index in [1.54, 1.807) is 12.3 Å². The monoisotopic (exact) mass is 247 g/mol. The van der Waals surface area contributed by atoms with Crippen molar-refractivity contribution in [3.63, 3.8) is 0 Å². The molecule has 2 N–H and O–H groups in total. The Morgan fingerprint density at radius 3 is 2.87 bits per heavy atom. The van der Waals surface area contributed by atoms with Gasteiger partial charge in [0.05, 0.1) is 11.4 Å². The van der Waals surface area contributed by atoms with Crippen molar-refractivity contribution in [1.29, 1.82) is 0 Å². The van der Waals surface area contributed by atoms with Crippen LogP contribution in [0.3, 0.4) is 0 Å². The fraction of sp³-hybridized carbons (Fsp3) is 0.500. The highest BCUT2D eigenvalue weighted by Crippen LogP contribution is 2.12. The molecule has 0 aliphatic heterocycles. The topological polar surface area (TPSA) is 85.9 Å². The minimum atomic E-state index is -2.91. The number of hydrogen-bond acceptors (Lipinski definition) is 6. The van der Waals surface area contributed by atoms with Crippen LogP contribution in [0.4, 0.5) is 0 Å². The summed E-state index contributed by atoms with van der Waals surface area (Å²) in [5, 5.41) is 0.571. The fourth-order valence-corrected chi connectivity index (χ4v) is 2.89. The summed E-state index contributed by atoms with van der Waals surface area (Å²) in [5.41, 5.74) is 6.18. The Morgan fingerprint density at radius 2 is 2.27 bits per heavy atom. The van der Waals surface area contributed by atoms with Crippen LogP contribution in [0.15, 0.2) is 17.4 Å². The van der Waals surface area contributed by atoms with Gasteiger partial charge in [0, 0.05) is 24.8 Å². The van der Waals surface area contributed by atoms with E-state index in [0.29, 0.717) is 17.5 Å². The van der Waals surface area contributed by atoms with Gasteiger partial charge in [0.25, 0.3) is 0 Å². The van der Waals surface area contributed by atoms with Crippen molar-refractivity contribution in [2.75, 3.05) is 17.8 Å². The van der Waals surface area contributed by atoms with Gasteiger partial charge in [-0.3, -0.25) is 0 Å². The Morgan fingerprint density at radius 1 is 1.53 bits per heavy atom. The van der Waals surface area contributed by atoms with E-state index in [9.17, 15) is 8.42 Å². The second-order valence-corrected chi connectivity index (χ2v) is 6.33. The summed E-state index contributed by atoms with van der Waals surface area (Å²) in [6, 6.07) is 1.74. The minimum absolute atomic E-state index is 0.133. The summed E-state index contributed by atoms with van der Waals surface area (Å²) in [4.78, 5) is 8.15. The molecule has 1 aromatic heterocycles. The molecule has 0 saturated heterocycles. The lowest BCUT2D eigenvalue weighted by atomic mass is 10.4. The third kappa shape index (κ3) is 5.10. The van der Waals surface area contributed by atoms with Crippen molar-refractivity contribution in [3.05, 3.63) is 18.0 Å². The van der Waals surface area contributed by atoms with Gasteiger partial charge in [-0.15, -0.1) is 0 Å². The Kier molecular flexibility index (Phi) is 4.49. The van der Waals surface area contributed by atoms with Crippen LogP contribution in [0.2, 0.25) is 0 Å². The molecule has 5 nitrogen and oxygen atoms in total. The molecule has 0 atom stereocenters. The van der Waals surface area contributed by atoms with Crippen LogP contribution in [0, 0.1) is 0 Å². The van der Waals surface area contributed by atoms with Crippen LogP contribution in [-0.2, 0) is 16.4 Å². The first-order valence-corrected chi connectivity index (χ1v) is 7.38. The molecule has 1 rings (SSSR count). The highest BCUT2D eigenvalue weighted by molar-refractivity contribution is 8.00. The molecule has 0 unspecified atom stereocenters. The van der Waals surface area contributed by atoms with Crippen molar-refractivity contribution in [2.45, 2.75) is 11.7 Å². The summed E-state index contributed by atoms with van der Waals surface area (Å²) in [5.74, 6) is 0.598.